The molecule has 1 amide bonds. The number of allylic oxidation sites excluding steroid dienone is 1. The first kappa shape index (κ1) is 23.0. The predicted molar refractivity (Wildman–Crippen MR) is 148 cm³/mol. The highest BCUT2D eigenvalue weighted by molar-refractivity contribution is 6.12. The summed E-state index contributed by atoms with van der Waals surface area (Å²) in [4.78, 5) is 30.0. The Labute approximate surface area is 217 Å². The Morgan fingerprint density at radius 1 is 0.757 bits per heavy atom. The van der Waals surface area contributed by atoms with Crippen molar-refractivity contribution in [3.05, 3.63) is 143 Å². The number of benzene rings is 4. The van der Waals surface area contributed by atoms with Gasteiger partial charge < -0.3 is 5.32 Å². The number of anilines is 2. The highest BCUT2D eigenvalue weighted by Crippen LogP contribution is 2.47. The van der Waals surface area contributed by atoms with Gasteiger partial charge in [-0.15, -0.1) is 0 Å². The summed E-state index contributed by atoms with van der Waals surface area (Å²) in [7, 11) is 0. The van der Waals surface area contributed by atoms with E-state index in [4.69, 9.17) is 0 Å². The van der Waals surface area contributed by atoms with Gasteiger partial charge in [0.2, 0.25) is 0 Å². The Balaban J connectivity index is 1.55. The number of hydrogen-bond donors (Lipinski definition) is 1. The molecule has 1 heterocycles. The molecule has 2 aliphatic rings. The normalized spacial score (nSPS) is 18.9. The first-order valence-electron chi connectivity index (χ1n) is 12.7. The Hall–Kier alpha value is -4.44. The third kappa shape index (κ3) is 4.25. The highest BCUT2D eigenvalue weighted by Gasteiger charge is 2.41. The van der Waals surface area contributed by atoms with Gasteiger partial charge in [0.25, 0.3) is 5.91 Å². The summed E-state index contributed by atoms with van der Waals surface area (Å²) >= 11 is 0. The summed E-state index contributed by atoms with van der Waals surface area (Å²) < 4.78 is 0. The predicted octanol–water partition coefficient (Wildman–Crippen LogP) is 7.21. The van der Waals surface area contributed by atoms with Gasteiger partial charge in [0.15, 0.2) is 5.78 Å². The molecule has 4 heteroatoms. The number of ketones is 1. The maximum atomic E-state index is 14.2. The average molecular weight is 485 g/mol. The van der Waals surface area contributed by atoms with Crippen LogP contribution in [0.25, 0.3) is 0 Å². The third-order valence-electron chi connectivity index (χ3n) is 7.39. The van der Waals surface area contributed by atoms with E-state index >= 15 is 0 Å². The topological polar surface area (TPSA) is 49.4 Å². The second kappa shape index (κ2) is 9.55. The lowest BCUT2D eigenvalue weighted by atomic mass is 9.78. The molecular formula is C33H28N2O2. The molecule has 4 aromatic carbocycles. The number of aryl methyl sites for hydroxylation is 1. The van der Waals surface area contributed by atoms with Crippen LogP contribution in [0, 0.1) is 6.92 Å². The number of Topliss-reactive ketones (excluding diaryl/α,β-unsaturated/α-hetero) is 1. The number of nitrogens with zero attached hydrogens (tertiary/aromatic N) is 1. The van der Waals surface area contributed by atoms with Crippen molar-refractivity contribution < 1.29 is 9.59 Å². The van der Waals surface area contributed by atoms with Crippen LogP contribution < -0.4 is 10.2 Å². The molecule has 1 N–H and O–H groups in total. The van der Waals surface area contributed by atoms with Gasteiger partial charge in [0.1, 0.15) is 0 Å². The largest absolute Gasteiger partial charge is 0.357 e. The first-order valence-corrected chi connectivity index (χ1v) is 12.7. The number of rotatable bonds is 3. The second-order valence-corrected chi connectivity index (χ2v) is 9.83. The number of hydrogen-bond acceptors (Lipinski definition) is 3. The van der Waals surface area contributed by atoms with Gasteiger partial charge in [0.05, 0.1) is 17.4 Å². The fourth-order valence-corrected chi connectivity index (χ4v) is 5.56. The van der Waals surface area contributed by atoms with Crippen molar-refractivity contribution in [3.8, 4) is 0 Å². The van der Waals surface area contributed by atoms with E-state index in [9.17, 15) is 9.59 Å². The molecule has 0 saturated carbocycles. The molecule has 0 saturated heterocycles. The number of amides is 1. The van der Waals surface area contributed by atoms with Crippen LogP contribution in [0.2, 0.25) is 0 Å². The van der Waals surface area contributed by atoms with E-state index in [-0.39, 0.29) is 17.6 Å². The van der Waals surface area contributed by atoms with Crippen LogP contribution >= 0.6 is 0 Å². The molecule has 6 rings (SSSR count). The average Bonchev–Trinajstić information content (AvgIpc) is 3.08. The number of nitrogens with one attached hydrogen (secondary N) is 1. The zero-order valence-electron chi connectivity index (χ0n) is 20.7. The van der Waals surface area contributed by atoms with Gasteiger partial charge in [-0.2, -0.15) is 0 Å². The van der Waals surface area contributed by atoms with Gasteiger partial charge in [-0.25, -0.2) is 0 Å². The molecule has 0 unspecified atom stereocenters. The van der Waals surface area contributed by atoms with Gasteiger partial charge in [-0.05, 0) is 54.7 Å². The first-order chi connectivity index (χ1) is 18.1. The highest BCUT2D eigenvalue weighted by atomic mass is 16.2. The Bertz CT molecular complexity index is 1490. The van der Waals surface area contributed by atoms with Crippen LogP contribution in [0.15, 0.2) is 120 Å². The fraction of sp³-hybridized carbons (Fsp3) is 0.152. The summed E-state index contributed by atoms with van der Waals surface area (Å²) in [6, 6.07) is 35.0. The molecular weight excluding hydrogens is 456 g/mol. The summed E-state index contributed by atoms with van der Waals surface area (Å²) in [6.07, 6.45) is 1.12. The van der Waals surface area contributed by atoms with E-state index < -0.39 is 6.04 Å². The van der Waals surface area contributed by atoms with Crippen LogP contribution in [-0.2, 0) is 4.79 Å². The summed E-state index contributed by atoms with van der Waals surface area (Å²) in [5, 5.41) is 3.60. The van der Waals surface area contributed by atoms with Crippen LogP contribution in [-0.4, -0.2) is 11.7 Å². The van der Waals surface area contributed by atoms with Crippen LogP contribution in [0.5, 0.6) is 0 Å². The minimum absolute atomic E-state index is 0.0758. The lowest BCUT2D eigenvalue weighted by Crippen LogP contribution is -2.38. The van der Waals surface area contributed by atoms with E-state index in [0.29, 0.717) is 24.0 Å². The Morgan fingerprint density at radius 2 is 1.41 bits per heavy atom. The lowest BCUT2D eigenvalue weighted by molar-refractivity contribution is -0.116. The van der Waals surface area contributed by atoms with E-state index in [1.54, 1.807) is 4.90 Å². The van der Waals surface area contributed by atoms with Crippen molar-refractivity contribution in [1.29, 1.82) is 0 Å². The molecule has 4 aromatic rings. The molecule has 4 nitrogen and oxygen atoms in total. The molecule has 37 heavy (non-hydrogen) atoms. The summed E-state index contributed by atoms with van der Waals surface area (Å²) in [5.74, 6) is 0.0251. The van der Waals surface area contributed by atoms with E-state index in [1.807, 2.05) is 84.9 Å². The van der Waals surface area contributed by atoms with E-state index in [0.717, 1.165) is 22.6 Å². The van der Waals surface area contributed by atoms with Gasteiger partial charge in [0, 0.05) is 23.3 Å². The van der Waals surface area contributed by atoms with E-state index in [2.05, 4.69) is 36.5 Å². The number of para-hydroxylation sites is 2. The van der Waals surface area contributed by atoms with Crippen molar-refractivity contribution in [2.75, 3.05) is 10.2 Å². The maximum Gasteiger partial charge on any atom is 0.259 e. The molecule has 0 aromatic heterocycles. The van der Waals surface area contributed by atoms with Crippen molar-refractivity contribution in [2.45, 2.75) is 31.7 Å². The molecule has 2 atom stereocenters. The molecule has 0 radical (unpaired) electrons. The zero-order valence-corrected chi connectivity index (χ0v) is 20.7. The minimum atomic E-state index is -0.536. The van der Waals surface area contributed by atoms with Crippen LogP contribution in [0.1, 0.15) is 51.8 Å². The van der Waals surface area contributed by atoms with Crippen molar-refractivity contribution in [3.63, 3.8) is 0 Å². The lowest BCUT2D eigenvalue weighted by Gasteiger charge is -2.35. The maximum absolute atomic E-state index is 14.2. The van der Waals surface area contributed by atoms with Crippen LogP contribution in [0.4, 0.5) is 11.4 Å². The summed E-state index contributed by atoms with van der Waals surface area (Å²) in [5.41, 5.74) is 7.03. The molecule has 182 valence electrons. The molecule has 0 bridgehead atoms. The van der Waals surface area contributed by atoms with Gasteiger partial charge >= 0.3 is 0 Å². The standard InChI is InChI=1S/C33H28N2O2/c1-22-16-18-23(19-17-22)26-20-28-31(30(36)21-26)32(24-10-4-2-5-11-24)35(29-15-9-8-14-27(29)34-28)33(37)25-12-6-3-7-13-25/h2-19,26,32,34H,20-21H2,1H3/t26-,32-/m0/s1. The minimum Gasteiger partial charge on any atom is -0.357 e. The van der Waals surface area contributed by atoms with Gasteiger partial charge in [-0.3, -0.25) is 14.5 Å². The third-order valence-corrected chi connectivity index (χ3v) is 7.39. The Kier molecular flexibility index (Phi) is 5.93. The van der Waals surface area contributed by atoms with Crippen LogP contribution in [0.3, 0.4) is 0 Å². The molecule has 0 fully saturated rings. The zero-order chi connectivity index (χ0) is 25.4. The number of carbonyl (C=O) groups excluding carboxylic acids is 2. The Morgan fingerprint density at radius 3 is 2.14 bits per heavy atom. The monoisotopic (exact) mass is 484 g/mol. The number of carbonyl (C=O) groups is 2. The van der Waals surface area contributed by atoms with Crippen molar-refractivity contribution in [2.24, 2.45) is 0 Å². The van der Waals surface area contributed by atoms with Gasteiger partial charge in [-0.1, -0.05) is 90.5 Å². The fourth-order valence-electron chi connectivity index (χ4n) is 5.56. The second-order valence-electron chi connectivity index (χ2n) is 9.83. The van der Waals surface area contributed by atoms with Crippen molar-refractivity contribution in [1.82, 2.24) is 0 Å². The SMILES string of the molecule is Cc1ccc([C@@H]2CC(=O)C3=C(C2)Nc2ccccc2N(C(=O)c2ccccc2)[C@H]3c2ccccc2)cc1. The summed E-state index contributed by atoms with van der Waals surface area (Å²) in [6.45, 7) is 2.07. The molecule has 1 aliphatic carbocycles. The quantitative estimate of drug-likeness (QED) is 0.334. The number of fused-ring (bicyclic) bond motifs is 1. The smallest absolute Gasteiger partial charge is 0.259 e. The van der Waals surface area contributed by atoms with Crippen molar-refractivity contribution >= 4 is 23.1 Å². The molecule has 1 aliphatic heterocycles. The van der Waals surface area contributed by atoms with E-state index in [1.165, 1.54) is 11.1 Å². The molecule has 0 spiro atoms.